The molecule has 1 heterocycles. The highest BCUT2D eigenvalue weighted by molar-refractivity contribution is 6.68. The molecule has 1 aliphatic heterocycles. The minimum absolute atomic E-state index is 0.261. The van der Waals surface area contributed by atoms with Gasteiger partial charge in [0.05, 0.1) is 5.57 Å². The minimum atomic E-state index is -0.630. The number of halogens is 2. The standard InChI is InChI=1S/C7H5Cl2NO2/c8-6(11)5-2-1-3-10(4-5)7(9)12/h1-2,4H,3H2. The molecule has 0 aromatic rings. The van der Waals surface area contributed by atoms with Gasteiger partial charge in [0.1, 0.15) is 0 Å². The smallest absolute Gasteiger partial charge is 0.301 e. The normalized spacial score (nSPS) is 15.8. The third-order valence-electron chi connectivity index (χ3n) is 1.35. The Bertz CT molecular complexity index is 283. The van der Waals surface area contributed by atoms with Crippen molar-refractivity contribution in [1.82, 2.24) is 4.90 Å². The van der Waals surface area contributed by atoms with Gasteiger partial charge in [-0.05, 0) is 23.2 Å². The zero-order chi connectivity index (χ0) is 9.14. The van der Waals surface area contributed by atoms with E-state index in [1.165, 1.54) is 11.1 Å². The second-order valence-electron chi connectivity index (χ2n) is 2.17. The summed E-state index contributed by atoms with van der Waals surface area (Å²) in [7, 11) is 0. The van der Waals surface area contributed by atoms with Gasteiger partial charge in [0.25, 0.3) is 5.24 Å². The average Bonchev–Trinajstić information content (AvgIpc) is 2.04. The third kappa shape index (κ3) is 2.09. The summed E-state index contributed by atoms with van der Waals surface area (Å²) in [4.78, 5) is 22.4. The molecule has 1 aliphatic rings. The van der Waals surface area contributed by atoms with Gasteiger partial charge in [-0.25, -0.2) is 0 Å². The van der Waals surface area contributed by atoms with Crippen molar-refractivity contribution in [2.24, 2.45) is 0 Å². The molecule has 0 aromatic heterocycles. The van der Waals surface area contributed by atoms with Crippen molar-refractivity contribution < 1.29 is 9.59 Å². The van der Waals surface area contributed by atoms with Crippen LogP contribution >= 0.6 is 23.2 Å². The van der Waals surface area contributed by atoms with E-state index < -0.39 is 10.6 Å². The lowest BCUT2D eigenvalue weighted by Crippen LogP contribution is -2.23. The Morgan fingerprint density at radius 2 is 2.08 bits per heavy atom. The SMILES string of the molecule is O=C(Cl)C1=CN(C(=O)Cl)CC=C1. The number of hydrogen-bond acceptors (Lipinski definition) is 2. The molecular formula is C7H5Cl2NO2. The molecule has 0 atom stereocenters. The highest BCUT2D eigenvalue weighted by atomic mass is 35.5. The molecule has 0 spiro atoms. The molecule has 0 bridgehead atoms. The first kappa shape index (κ1) is 9.29. The van der Waals surface area contributed by atoms with E-state index in [0.717, 1.165) is 0 Å². The van der Waals surface area contributed by atoms with E-state index in [0.29, 0.717) is 6.54 Å². The number of amides is 1. The Kier molecular flexibility index (Phi) is 2.89. The minimum Gasteiger partial charge on any atom is -0.301 e. The van der Waals surface area contributed by atoms with Gasteiger partial charge in [-0.2, -0.15) is 0 Å². The molecule has 0 saturated carbocycles. The summed E-state index contributed by atoms with van der Waals surface area (Å²) >= 11 is 10.4. The fourth-order valence-electron chi connectivity index (χ4n) is 0.796. The summed E-state index contributed by atoms with van der Waals surface area (Å²) in [6, 6.07) is 0. The maximum absolute atomic E-state index is 10.6. The molecule has 3 nitrogen and oxygen atoms in total. The summed E-state index contributed by atoms with van der Waals surface area (Å²) in [6.07, 6.45) is 4.51. The molecule has 64 valence electrons. The predicted molar refractivity (Wildman–Crippen MR) is 46.0 cm³/mol. The fourth-order valence-corrected chi connectivity index (χ4v) is 1.03. The number of allylic oxidation sites excluding steroid dienone is 2. The molecular weight excluding hydrogens is 201 g/mol. The van der Waals surface area contributed by atoms with Crippen LogP contribution in [-0.2, 0) is 4.79 Å². The second-order valence-corrected chi connectivity index (χ2v) is 2.83. The van der Waals surface area contributed by atoms with Crippen LogP contribution in [0.3, 0.4) is 0 Å². The predicted octanol–water partition coefficient (Wildman–Crippen LogP) is 1.87. The Morgan fingerprint density at radius 1 is 1.42 bits per heavy atom. The monoisotopic (exact) mass is 205 g/mol. The van der Waals surface area contributed by atoms with E-state index >= 15 is 0 Å². The van der Waals surface area contributed by atoms with Crippen LogP contribution in [-0.4, -0.2) is 22.1 Å². The molecule has 12 heavy (non-hydrogen) atoms. The first-order valence-electron chi connectivity index (χ1n) is 3.15. The lowest BCUT2D eigenvalue weighted by atomic mass is 10.2. The van der Waals surface area contributed by atoms with Crippen LogP contribution in [0.25, 0.3) is 0 Å². The van der Waals surface area contributed by atoms with Crippen molar-refractivity contribution >= 4 is 33.8 Å². The topological polar surface area (TPSA) is 37.4 Å². The molecule has 0 aromatic carbocycles. The summed E-state index contributed by atoms with van der Waals surface area (Å²) < 4.78 is 0. The fraction of sp³-hybridized carbons (Fsp3) is 0.143. The van der Waals surface area contributed by atoms with Crippen molar-refractivity contribution in [2.45, 2.75) is 0 Å². The highest BCUT2D eigenvalue weighted by Crippen LogP contribution is 2.11. The van der Waals surface area contributed by atoms with Gasteiger partial charge in [-0.15, -0.1) is 0 Å². The van der Waals surface area contributed by atoms with Crippen molar-refractivity contribution in [1.29, 1.82) is 0 Å². The lowest BCUT2D eigenvalue weighted by Gasteiger charge is -2.16. The molecule has 1 rings (SSSR count). The first-order chi connectivity index (χ1) is 5.61. The third-order valence-corrected chi connectivity index (χ3v) is 1.78. The Morgan fingerprint density at radius 3 is 2.58 bits per heavy atom. The Labute approximate surface area is 79.2 Å². The van der Waals surface area contributed by atoms with Crippen LogP contribution in [0.1, 0.15) is 0 Å². The quantitative estimate of drug-likeness (QED) is 0.485. The maximum atomic E-state index is 10.6. The van der Waals surface area contributed by atoms with Crippen LogP contribution in [0.4, 0.5) is 4.79 Å². The van der Waals surface area contributed by atoms with Gasteiger partial charge < -0.3 is 4.90 Å². The summed E-state index contributed by atoms with van der Waals surface area (Å²) in [5.41, 5.74) is 0.261. The molecule has 0 unspecified atom stereocenters. The van der Waals surface area contributed by atoms with E-state index in [1.807, 2.05) is 0 Å². The van der Waals surface area contributed by atoms with Gasteiger partial charge in [0.2, 0.25) is 0 Å². The largest absolute Gasteiger partial charge is 0.320 e. The molecule has 0 N–H and O–H groups in total. The van der Waals surface area contributed by atoms with Crippen molar-refractivity contribution in [3.63, 3.8) is 0 Å². The number of hydrogen-bond donors (Lipinski definition) is 0. The van der Waals surface area contributed by atoms with E-state index in [4.69, 9.17) is 23.2 Å². The van der Waals surface area contributed by atoms with Gasteiger partial charge in [-0.1, -0.05) is 12.2 Å². The molecule has 0 fully saturated rings. The average molecular weight is 206 g/mol. The van der Waals surface area contributed by atoms with Crippen LogP contribution in [0.2, 0.25) is 0 Å². The molecule has 0 saturated heterocycles. The summed E-state index contributed by atoms with van der Waals surface area (Å²) in [5.74, 6) is 0. The molecule has 1 amide bonds. The zero-order valence-electron chi connectivity index (χ0n) is 5.96. The van der Waals surface area contributed by atoms with Crippen molar-refractivity contribution in [2.75, 3.05) is 6.54 Å². The molecule has 0 aliphatic carbocycles. The van der Waals surface area contributed by atoms with Crippen LogP contribution in [0.5, 0.6) is 0 Å². The van der Waals surface area contributed by atoms with Crippen molar-refractivity contribution in [3.8, 4) is 0 Å². The van der Waals surface area contributed by atoms with Gasteiger partial charge in [0, 0.05) is 12.7 Å². The molecule has 0 radical (unpaired) electrons. The van der Waals surface area contributed by atoms with Crippen LogP contribution < -0.4 is 0 Å². The van der Waals surface area contributed by atoms with Gasteiger partial charge in [0.15, 0.2) is 0 Å². The Hall–Kier alpha value is -0.800. The van der Waals surface area contributed by atoms with Crippen LogP contribution in [0, 0.1) is 0 Å². The van der Waals surface area contributed by atoms with E-state index in [2.05, 4.69) is 0 Å². The second kappa shape index (κ2) is 3.74. The van der Waals surface area contributed by atoms with E-state index in [9.17, 15) is 9.59 Å². The zero-order valence-corrected chi connectivity index (χ0v) is 7.47. The highest BCUT2D eigenvalue weighted by Gasteiger charge is 2.13. The van der Waals surface area contributed by atoms with Gasteiger partial charge >= 0.3 is 5.37 Å². The van der Waals surface area contributed by atoms with E-state index in [-0.39, 0.29) is 5.57 Å². The summed E-state index contributed by atoms with van der Waals surface area (Å²) in [6.45, 7) is 0.371. The first-order valence-corrected chi connectivity index (χ1v) is 3.91. The Balaban J connectivity index is 2.82. The number of carbonyl (C=O) groups excluding carboxylic acids is 2. The van der Waals surface area contributed by atoms with E-state index in [1.54, 1.807) is 12.2 Å². The summed E-state index contributed by atoms with van der Waals surface area (Å²) in [5, 5.41) is -1.23. The number of rotatable bonds is 1. The number of nitrogens with zero attached hydrogens (tertiary/aromatic N) is 1. The maximum Gasteiger partial charge on any atom is 0.320 e. The lowest BCUT2D eigenvalue weighted by molar-refractivity contribution is -0.108. The number of carbonyl (C=O) groups is 2. The van der Waals surface area contributed by atoms with Crippen LogP contribution in [0.15, 0.2) is 23.9 Å². The van der Waals surface area contributed by atoms with Gasteiger partial charge in [-0.3, -0.25) is 9.59 Å². The molecule has 5 heteroatoms. The van der Waals surface area contributed by atoms with Crippen molar-refractivity contribution in [3.05, 3.63) is 23.9 Å².